The van der Waals surface area contributed by atoms with Crippen LogP contribution in [0.2, 0.25) is 0 Å². The SMILES string of the molecule is CCC(C)C12COC(C(C)C)(C1)C2. The van der Waals surface area contributed by atoms with Gasteiger partial charge >= 0.3 is 0 Å². The van der Waals surface area contributed by atoms with Crippen LogP contribution in [0.25, 0.3) is 0 Å². The third kappa shape index (κ3) is 1.09. The highest BCUT2D eigenvalue weighted by Gasteiger charge is 2.64. The quantitative estimate of drug-likeness (QED) is 0.651. The molecule has 0 amide bonds. The maximum Gasteiger partial charge on any atom is 0.0718 e. The molecule has 0 radical (unpaired) electrons. The topological polar surface area (TPSA) is 9.23 Å². The largest absolute Gasteiger partial charge is 0.374 e. The summed E-state index contributed by atoms with van der Waals surface area (Å²) in [5.74, 6) is 1.55. The van der Waals surface area contributed by atoms with Crippen molar-refractivity contribution >= 4 is 0 Å². The van der Waals surface area contributed by atoms with Gasteiger partial charge in [-0.3, -0.25) is 0 Å². The molecule has 2 saturated heterocycles. The van der Waals surface area contributed by atoms with Gasteiger partial charge in [0.15, 0.2) is 0 Å². The lowest BCUT2D eigenvalue weighted by Crippen LogP contribution is -2.50. The Kier molecular flexibility index (Phi) is 1.99. The summed E-state index contributed by atoms with van der Waals surface area (Å²) in [6.45, 7) is 10.3. The molecule has 13 heavy (non-hydrogen) atoms. The molecule has 0 aromatic carbocycles. The Labute approximate surface area is 81.9 Å². The predicted octanol–water partition coefficient (Wildman–Crippen LogP) is 3.24. The van der Waals surface area contributed by atoms with Gasteiger partial charge in [-0.1, -0.05) is 34.1 Å². The van der Waals surface area contributed by atoms with Crippen molar-refractivity contribution in [1.82, 2.24) is 0 Å². The molecule has 2 aliphatic heterocycles. The van der Waals surface area contributed by atoms with E-state index in [1.807, 2.05) is 0 Å². The van der Waals surface area contributed by atoms with Crippen LogP contribution in [0, 0.1) is 17.3 Å². The molecule has 2 heterocycles. The van der Waals surface area contributed by atoms with Crippen LogP contribution < -0.4 is 0 Å². The van der Waals surface area contributed by atoms with Crippen LogP contribution in [-0.2, 0) is 4.74 Å². The molecule has 1 heteroatoms. The molecule has 3 fully saturated rings. The Morgan fingerprint density at radius 2 is 1.85 bits per heavy atom. The number of hydrogen-bond donors (Lipinski definition) is 0. The van der Waals surface area contributed by atoms with E-state index in [9.17, 15) is 0 Å². The molecule has 3 aliphatic rings. The summed E-state index contributed by atoms with van der Waals surface area (Å²) in [6.07, 6.45) is 3.96. The molecule has 3 rings (SSSR count). The maximum absolute atomic E-state index is 6.00. The van der Waals surface area contributed by atoms with Crippen molar-refractivity contribution in [3.05, 3.63) is 0 Å². The molecule has 1 saturated carbocycles. The standard InChI is InChI=1S/C12H22O/c1-5-10(4)11-6-12(7-11,9(2)3)13-8-11/h9-10H,5-8H2,1-4H3. The minimum absolute atomic E-state index is 0.281. The molecular formula is C12H22O. The number of rotatable bonds is 3. The summed E-state index contributed by atoms with van der Waals surface area (Å²) in [4.78, 5) is 0. The molecule has 1 unspecified atom stereocenters. The molecule has 0 N–H and O–H groups in total. The third-order valence-electron chi connectivity index (χ3n) is 4.66. The van der Waals surface area contributed by atoms with Gasteiger partial charge < -0.3 is 4.74 Å². The van der Waals surface area contributed by atoms with Gasteiger partial charge in [-0.15, -0.1) is 0 Å². The molecule has 0 spiro atoms. The molecule has 1 aliphatic carbocycles. The van der Waals surface area contributed by atoms with E-state index in [0.29, 0.717) is 11.3 Å². The van der Waals surface area contributed by atoms with Gasteiger partial charge in [0, 0.05) is 5.41 Å². The van der Waals surface area contributed by atoms with Crippen molar-refractivity contribution in [1.29, 1.82) is 0 Å². The Morgan fingerprint density at radius 3 is 2.23 bits per heavy atom. The van der Waals surface area contributed by atoms with E-state index in [-0.39, 0.29) is 5.60 Å². The van der Waals surface area contributed by atoms with E-state index in [2.05, 4.69) is 27.7 Å². The molecule has 1 nitrogen and oxygen atoms in total. The highest BCUT2D eigenvalue weighted by Crippen LogP contribution is 2.64. The predicted molar refractivity (Wildman–Crippen MR) is 54.6 cm³/mol. The van der Waals surface area contributed by atoms with Gasteiger partial charge in [-0.2, -0.15) is 0 Å². The summed E-state index contributed by atoms with van der Waals surface area (Å²) in [7, 11) is 0. The van der Waals surface area contributed by atoms with E-state index in [4.69, 9.17) is 4.74 Å². The second-order valence-electron chi connectivity index (χ2n) is 5.53. The zero-order valence-electron chi connectivity index (χ0n) is 9.39. The minimum atomic E-state index is 0.281. The Bertz CT molecular complexity index is 201. The average Bonchev–Trinajstić information content (AvgIpc) is 2.57. The van der Waals surface area contributed by atoms with Crippen LogP contribution in [0.15, 0.2) is 0 Å². The van der Waals surface area contributed by atoms with Crippen LogP contribution in [0.5, 0.6) is 0 Å². The fourth-order valence-corrected chi connectivity index (χ4v) is 3.13. The summed E-state index contributed by atoms with van der Waals surface area (Å²) in [6, 6.07) is 0. The van der Waals surface area contributed by atoms with Crippen LogP contribution in [-0.4, -0.2) is 12.2 Å². The van der Waals surface area contributed by atoms with Gasteiger partial charge in [0.2, 0.25) is 0 Å². The van der Waals surface area contributed by atoms with E-state index < -0.39 is 0 Å². The highest BCUT2D eigenvalue weighted by atomic mass is 16.5. The fourth-order valence-electron chi connectivity index (χ4n) is 3.13. The van der Waals surface area contributed by atoms with Crippen LogP contribution in [0.4, 0.5) is 0 Å². The van der Waals surface area contributed by atoms with Crippen molar-refractivity contribution in [2.75, 3.05) is 6.61 Å². The number of fused-ring (bicyclic) bond motifs is 1. The molecule has 0 aromatic heterocycles. The Morgan fingerprint density at radius 1 is 1.23 bits per heavy atom. The first-order valence-corrected chi connectivity index (χ1v) is 5.69. The lowest BCUT2D eigenvalue weighted by Gasteiger charge is -2.50. The van der Waals surface area contributed by atoms with Crippen molar-refractivity contribution in [2.45, 2.75) is 52.6 Å². The first-order chi connectivity index (χ1) is 6.05. The maximum atomic E-state index is 6.00. The zero-order valence-corrected chi connectivity index (χ0v) is 9.39. The van der Waals surface area contributed by atoms with E-state index in [0.717, 1.165) is 12.5 Å². The summed E-state index contributed by atoms with van der Waals surface area (Å²) in [5.41, 5.74) is 0.850. The van der Waals surface area contributed by atoms with Gasteiger partial charge in [0.1, 0.15) is 0 Å². The fraction of sp³-hybridized carbons (Fsp3) is 1.00. The lowest BCUT2D eigenvalue weighted by atomic mass is 9.54. The zero-order chi connectivity index (χ0) is 9.69. The monoisotopic (exact) mass is 182 g/mol. The Balaban J connectivity index is 2.06. The summed E-state index contributed by atoms with van der Waals surface area (Å²) < 4.78 is 6.00. The van der Waals surface area contributed by atoms with Crippen LogP contribution in [0.3, 0.4) is 0 Å². The molecule has 76 valence electrons. The Hall–Kier alpha value is -0.0400. The second kappa shape index (κ2) is 2.73. The number of ether oxygens (including phenoxy) is 1. The van der Waals surface area contributed by atoms with Gasteiger partial charge in [0.05, 0.1) is 12.2 Å². The molecular weight excluding hydrogens is 160 g/mol. The molecule has 1 atom stereocenters. The first-order valence-electron chi connectivity index (χ1n) is 5.69. The van der Waals surface area contributed by atoms with Crippen molar-refractivity contribution < 1.29 is 4.74 Å². The van der Waals surface area contributed by atoms with E-state index in [1.165, 1.54) is 19.3 Å². The molecule has 0 aromatic rings. The van der Waals surface area contributed by atoms with Crippen molar-refractivity contribution in [3.8, 4) is 0 Å². The van der Waals surface area contributed by atoms with Crippen LogP contribution in [0.1, 0.15) is 47.0 Å². The second-order valence-corrected chi connectivity index (χ2v) is 5.53. The van der Waals surface area contributed by atoms with Gasteiger partial charge in [-0.25, -0.2) is 0 Å². The van der Waals surface area contributed by atoms with Crippen molar-refractivity contribution in [3.63, 3.8) is 0 Å². The van der Waals surface area contributed by atoms with E-state index >= 15 is 0 Å². The smallest absolute Gasteiger partial charge is 0.0718 e. The summed E-state index contributed by atoms with van der Waals surface area (Å²) >= 11 is 0. The van der Waals surface area contributed by atoms with Crippen LogP contribution >= 0.6 is 0 Å². The first kappa shape index (κ1) is 9.51. The highest BCUT2D eigenvalue weighted by molar-refractivity contribution is 5.13. The van der Waals surface area contributed by atoms with E-state index in [1.54, 1.807) is 0 Å². The number of hydrogen-bond acceptors (Lipinski definition) is 1. The molecule has 2 bridgehead atoms. The van der Waals surface area contributed by atoms with Gasteiger partial charge in [-0.05, 0) is 24.7 Å². The summed E-state index contributed by atoms with van der Waals surface area (Å²) in [5, 5.41) is 0. The van der Waals surface area contributed by atoms with Gasteiger partial charge in [0.25, 0.3) is 0 Å². The normalized spacial score (nSPS) is 45.0. The lowest BCUT2D eigenvalue weighted by molar-refractivity contribution is -0.0654. The van der Waals surface area contributed by atoms with Crippen molar-refractivity contribution in [2.24, 2.45) is 17.3 Å². The average molecular weight is 182 g/mol. The minimum Gasteiger partial charge on any atom is -0.374 e. The third-order valence-corrected chi connectivity index (χ3v) is 4.66.